The minimum atomic E-state index is -1.16. The molecule has 1 aliphatic rings. The van der Waals surface area contributed by atoms with Gasteiger partial charge in [0.15, 0.2) is 22.2 Å². The Morgan fingerprint density at radius 2 is 1.96 bits per heavy atom. The van der Waals surface area contributed by atoms with Crippen molar-refractivity contribution in [3.8, 4) is 11.5 Å². The van der Waals surface area contributed by atoms with Crippen LogP contribution in [0.1, 0.15) is 42.8 Å². The number of halogens is 2. The van der Waals surface area contributed by atoms with Crippen molar-refractivity contribution >= 4 is 27.4 Å². The van der Waals surface area contributed by atoms with Crippen molar-refractivity contribution in [1.29, 1.82) is 0 Å². The van der Waals surface area contributed by atoms with Gasteiger partial charge in [-0.1, -0.05) is 13.8 Å². The maximum atomic E-state index is 13.9. The van der Waals surface area contributed by atoms with Crippen molar-refractivity contribution in [2.75, 3.05) is 6.86 Å². The summed E-state index contributed by atoms with van der Waals surface area (Å²) in [7, 11) is 0. The third kappa shape index (κ3) is 3.71. The average molecular weight is 370 g/mol. The zero-order valence-electron chi connectivity index (χ0n) is 14.1. The molecule has 1 heterocycles. The van der Waals surface area contributed by atoms with Gasteiger partial charge in [-0.2, -0.15) is 0 Å². The van der Waals surface area contributed by atoms with E-state index in [-0.39, 0.29) is 22.5 Å². The van der Waals surface area contributed by atoms with Gasteiger partial charge in [-0.15, -0.1) is 11.3 Å². The van der Waals surface area contributed by atoms with E-state index < -0.39 is 18.6 Å². The fraction of sp³-hybridized carbons (Fsp3) is 0.500. The molecule has 1 aromatic heterocycles. The van der Waals surface area contributed by atoms with E-state index in [0.717, 1.165) is 36.7 Å². The molecule has 0 bridgehead atoms. The Morgan fingerprint density at radius 3 is 2.56 bits per heavy atom. The van der Waals surface area contributed by atoms with Crippen LogP contribution in [0.15, 0.2) is 12.1 Å². The Morgan fingerprint density at radius 1 is 1.28 bits per heavy atom. The molecule has 1 saturated carbocycles. The third-order valence-electron chi connectivity index (χ3n) is 4.52. The molecule has 0 aliphatic heterocycles. The van der Waals surface area contributed by atoms with E-state index in [1.165, 1.54) is 6.07 Å². The standard InChI is InChI=1S/C18H20F2O4S/c1-9-3-10(2)5-11(4-9)24-16-12-6-14(23-8-19)13(20)7-15(12)25-17(16)18(21)22/h6-7,9-11H,3-5,8H2,1-2H3,(H,21,22). The molecule has 0 amide bonds. The number of thiophene rings is 1. The highest BCUT2D eigenvalue weighted by Crippen LogP contribution is 2.43. The van der Waals surface area contributed by atoms with E-state index in [1.807, 2.05) is 0 Å². The zero-order valence-corrected chi connectivity index (χ0v) is 14.9. The number of ether oxygens (including phenoxy) is 2. The predicted molar refractivity (Wildman–Crippen MR) is 91.9 cm³/mol. The smallest absolute Gasteiger partial charge is 0.349 e. The first-order valence-electron chi connectivity index (χ1n) is 8.23. The van der Waals surface area contributed by atoms with E-state index in [0.29, 0.717) is 21.9 Å². The summed E-state index contributed by atoms with van der Waals surface area (Å²) < 4.78 is 37.5. The van der Waals surface area contributed by atoms with Crippen LogP contribution in [0.3, 0.4) is 0 Å². The van der Waals surface area contributed by atoms with Gasteiger partial charge in [0.25, 0.3) is 0 Å². The van der Waals surface area contributed by atoms with Crippen LogP contribution in [-0.4, -0.2) is 24.0 Å². The number of fused-ring (bicyclic) bond motifs is 1. The molecule has 0 spiro atoms. The number of hydrogen-bond donors (Lipinski definition) is 1. The third-order valence-corrected chi connectivity index (χ3v) is 5.64. The van der Waals surface area contributed by atoms with Crippen LogP contribution in [0.2, 0.25) is 0 Å². The zero-order chi connectivity index (χ0) is 18.1. The summed E-state index contributed by atoms with van der Waals surface area (Å²) in [6.45, 7) is 3.14. The number of aromatic carboxylic acids is 1. The van der Waals surface area contributed by atoms with E-state index in [2.05, 4.69) is 18.6 Å². The van der Waals surface area contributed by atoms with Gasteiger partial charge in [0, 0.05) is 10.1 Å². The molecule has 7 heteroatoms. The normalized spacial score (nSPS) is 23.6. The van der Waals surface area contributed by atoms with E-state index >= 15 is 0 Å². The van der Waals surface area contributed by atoms with Crippen molar-refractivity contribution < 1.29 is 28.2 Å². The highest BCUT2D eigenvalue weighted by Gasteiger charge is 2.29. The Bertz CT molecular complexity index is 779. The lowest BCUT2D eigenvalue weighted by Crippen LogP contribution is -2.28. The Hall–Kier alpha value is -1.89. The molecule has 3 rings (SSSR count). The number of hydrogen-bond acceptors (Lipinski definition) is 4. The minimum Gasteiger partial charge on any atom is -0.488 e. The first-order chi connectivity index (χ1) is 11.9. The first-order valence-corrected chi connectivity index (χ1v) is 9.05. The van der Waals surface area contributed by atoms with Crippen LogP contribution < -0.4 is 9.47 Å². The molecule has 25 heavy (non-hydrogen) atoms. The van der Waals surface area contributed by atoms with E-state index in [4.69, 9.17) is 4.74 Å². The second-order valence-electron chi connectivity index (χ2n) is 6.76. The van der Waals surface area contributed by atoms with Crippen molar-refractivity contribution in [3.63, 3.8) is 0 Å². The number of carbonyl (C=O) groups is 1. The lowest BCUT2D eigenvalue weighted by atomic mass is 9.82. The summed E-state index contributed by atoms with van der Waals surface area (Å²) in [6.07, 6.45) is 2.71. The molecule has 0 radical (unpaired) electrons. The molecule has 1 N–H and O–H groups in total. The summed E-state index contributed by atoms with van der Waals surface area (Å²) in [5.41, 5.74) is 0. The highest BCUT2D eigenvalue weighted by molar-refractivity contribution is 7.21. The van der Waals surface area contributed by atoms with Crippen molar-refractivity contribution in [2.45, 2.75) is 39.2 Å². The summed E-state index contributed by atoms with van der Waals surface area (Å²) in [5.74, 6) is -0.886. The lowest BCUT2D eigenvalue weighted by Gasteiger charge is -2.31. The molecule has 2 aromatic rings. The topological polar surface area (TPSA) is 55.8 Å². The Kier molecular flexibility index (Phi) is 5.13. The number of alkyl halides is 1. The van der Waals surface area contributed by atoms with Crippen molar-refractivity contribution in [3.05, 3.63) is 22.8 Å². The molecule has 1 fully saturated rings. The van der Waals surface area contributed by atoms with Crippen LogP contribution in [-0.2, 0) is 0 Å². The first kappa shape index (κ1) is 17.9. The maximum absolute atomic E-state index is 13.9. The molecular weight excluding hydrogens is 350 g/mol. The summed E-state index contributed by atoms with van der Waals surface area (Å²) in [4.78, 5) is 11.6. The molecule has 2 unspecified atom stereocenters. The molecule has 2 atom stereocenters. The Labute approximate surface area is 148 Å². The molecular formula is C18H20F2O4S. The SMILES string of the molecule is CC1CC(C)CC(Oc2c(C(=O)O)sc3cc(F)c(OCF)cc23)C1. The van der Waals surface area contributed by atoms with Gasteiger partial charge in [0.1, 0.15) is 0 Å². The van der Waals surface area contributed by atoms with Gasteiger partial charge in [0.05, 0.1) is 6.10 Å². The van der Waals surface area contributed by atoms with Gasteiger partial charge in [-0.3, -0.25) is 0 Å². The summed E-state index contributed by atoms with van der Waals surface area (Å²) in [5, 5.41) is 9.93. The van der Waals surface area contributed by atoms with Crippen LogP contribution in [0.25, 0.3) is 10.1 Å². The number of benzene rings is 1. The van der Waals surface area contributed by atoms with Crippen LogP contribution in [0, 0.1) is 17.7 Å². The number of rotatable bonds is 5. The van der Waals surface area contributed by atoms with Gasteiger partial charge < -0.3 is 14.6 Å². The van der Waals surface area contributed by atoms with E-state index in [1.54, 1.807) is 0 Å². The second kappa shape index (κ2) is 7.15. The largest absolute Gasteiger partial charge is 0.488 e. The van der Waals surface area contributed by atoms with Crippen molar-refractivity contribution in [2.24, 2.45) is 11.8 Å². The van der Waals surface area contributed by atoms with Gasteiger partial charge in [-0.25, -0.2) is 13.6 Å². The maximum Gasteiger partial charge on any atom is 0.349 e. The van der Waals surface area contributed by atoms with Gasteiger partial charge >= 0.3 is 5.97 Å². The van der Waals surface area contributed by atoms with Crippen LogP contribution in [0.5, 0.6) is 11.5 Å². The Balaban J connectivity index is 2.03. The van der Waals surface area contributed by atoms with Gasteiger partial charge in [-0.05, 0) is 43.2 Å². The second-order valence-corrected chi connectivity index (χ2v) is 7.81. The monoisotopic (exact) mass is 370 g/mol. The highest BCUT2D eigenvalue weighted by atomic mass is 32.1. The fourth-order valence-corrected chi connectivity index (χ4v) is 4.62. The number of carboxylic acid groups (broad SMARTS) is 1. The van der Waals surface area contributed by atoms with Crippen LogP contribution >= 0.6 is 11.3 Å². The number of carboxylic acids is 1. The molecule has 136 valence electrons. The lowest BCUT2D eigenvalue weighted by molar-refractivity contribution is 0.0684. The van der Waals surface area contributed by atoms with Crippen LogP contribution in [0.4, 0.5) is 8.78 Å². The van der Waals surface area contributed by atoms with Gasteiger partial charge in [0.2, 0.25) is 6.86 Å². The predicted octanol–water partition coefficient (Wildman–Crippen LogP) is 5.25. The summed E-state index contributed by atoms with van der Waals surface area (Å²) in [6, 6.07) is 2.48. The molecule has 1 aliphatic carbocycles. The minimum absolute atomic E-state index is 0.0256. The summed E-state index contributed by atoms with van der Waals surface area (Å²) >= 11 is 0.949. The molecule has 0 saturated heterocycles. The average Bonchev–Trinajstić information content (AvgIpc) is 2.85. The molecule has 4 nitrogen and oxygen atoms in total. The van der Waals surface area contributed by atoms with Crippen molar-refractivity contribution in [1.82, 2.24) is 0 Å². The molecule has 1 aromatic carbocycles. The quantitative estimate of drug-likeness (QED) is 0.781. The van der Waals surface area contributed by atoms with E-state index in [9.17, 15) is 18.7 Å². The fourth-order valence-electron chi connectivity index (χ4n) is 3.64.